The molecule has 2 N–H and O–H groups in total. The van der Waals surface area contributed by atoms with Gasteiger partial charge in [0.1, 0.15) is 18.1 Å². The van der Waals surface area contributed by atoms with E-state index in [1.807, 2.05) is 30.3 Å². The number of hydrogen-bond donors (Lipinski definition) is 1. The summed E-state index contributed by atoms with van der Waals surface area (Å²) in [5.41, 5.74) is 6.61. The van der Waals surface area contributed by atoms with Gasteiger partial charge in [-0.05, 0) is 29.0 Å². The average molecular weight is 253 g/mol. The van der Waals surface area contributed by atoms with Crippen LogP contribution >= 0.6 is 0 Å². The minimum atomic E-state index is 0.401. The Bertz CT molecular complexity index is 688. The predicted molar refractivity (Wildman–Crippen MR) is 74.9 cm³/mol. The van der Waals surface area contributed by atoms with Crippen LogP contribution in [0.2, 0.25) is 0 Å². The van der Waals surface area contributed by atoms with E-state index in [0.717, 1.165) is 17.1 Å². The monoisotopic (exact) mass is 253 g/mol. The van der Waals surface area contributed by atoms with Crippen molar-refractivity contribution in [2.24, 2.45) is 5.73 Å². The maximum Gasteiger partial charge on any atom is 0.146 e. The molecular formula is C16H15NO2. The van der Waals surface area contributed by atoms with Crippen molar-refractivity contribution in [3.63, 3.8) is 0 Å². The first-order chi connectivity index (χ1) is 9.36. The van der Waals surface area contributed by atoms with Crippen LogP contribution in [0.1, 0.15) is 11.3 Å². The van der Waals surface area contributed by atoms with E-state index in [0.29, 0.717) is 13.2 Å². The third kappa shape index (κ3) is 2.46. The van der Waals surface area contributed by atoms with Crippen molar-refractivity contribution in [2.45, 2.75) is 13.2 Å². The second-order valence-corrected chi connectivity index (χ2v) is 4.37. The molecule has 3 nitrogen and oxygen atoms in total. The van der Waals surface area contributed by atoms with Gasteiger partial charge in [0.15, 0.2) is 0 Å². The SMILES string of the molecule is NCc1ccoc1COc1ccc2ccccc2c1. The quantitative estimate of drug-likeness (QED) is 0.774. The summed E-state index contributed by atoms with van der Waals surface area (Å²) in [7, 11) is 0. The van der Waals surface area contributed by atoms with Gasteiger partial charge in [-0.3, -0.25) is 0 Å². The van der Waals surface area contributed by atoms with Gasteiger partial charge in [0.05, 0.1) is 6.26 Å². The number of fused-ring (bicyclic) bond motifs is 1. The van der Waals surface area contributed by atoms with Crippen LogP contribution in [0, 0.1) is 0 Å². The Balaban J connectivity index is 1.78. The number of furan rings is 1. The summed E-state index contributed by atoms with van der Waals surface area (Å²) in [4.78, 5) is 0. The summed E-state index contributed by atoms with van der Waals surface area (Å²) in [6, 6.07) is 16.1. The summed E-state index contributed by atoms with van der Waals surface area (Å²) in [5, 5.41) is 2.37. The molecule has 0 bridgehead atoms. The summed E-state index contributed by atoms with van der Waals surface area (Å²) >= 11 is 0. The zero-order chi connectivity index (χ0) is 13.1. The number of rotatable bonds is 4. The van der Waals surface area contributed by atoms with Crippen LogP contribution in [0.3, 0.4) is 0 Å². The Labute approximate surface area is 111 Å². The maximum atomic E-state index is 5.75. The molecule has 0 aliphatic carbocycles. The fourth-order valence-corrected chi connectivity index (χ4v) is 2.08. The molecule has 3 aromatic rings. The molecular weight excluding hydrogens is 238 g/mol. The largest absolute Gasteiger partial charge is 0.486 e. The Kier molecular flexibility index (Phi) is 3.21. The van der Waals surface area contributed by atoms with Crippen molar-refractivity contribution < 1.29 is 9.15 Å². The third-order valence-corrected chi connectivity index (χ3v) is 3.15. The molecule has 0 amide bonds. The molecule has 19 heavy (non-hydrogen) atoms. The van der Waals surface area contributed by atoms with Crippen LogP contribution in [0.5, 0.6) is 5.75 Å². The lowest BCUT2D eigenvalue weighted by atomic mass is 10.1. The Hall–Kier alpha value is -2.26. The zero-order valence-electron chi connectivity index (χ0n) is 10.5. The highest BCUT2D eigenvalue weighted by Crippen LogP contribution is 2.22. The first-order valence-corrected chi connectivity index (χ1v) is 6.24. The van der Waals surface area contributed by atoms with E-state index in [4.69, 9.17) is 14.9 Å². The van der Waals surface area contributed by atoms with Crippen LogP contribution in [0.25, 0.3) is 10.8 Å². The van der Waals surface area contributed by atoms with E-state index in [1.165, 1.54) is 10.8 Å². The molecule has 0 saturated carbocycles. The molecule has 3 rings (SSSR count). The van der Waals surface area contributed by atoms with Gasteiger partial charge in [0.2, 0.25) is 0 Å². The second-order valence-electron chi connectivity index (χ2n) is 4.37. The van der Waals surface area contributed by atoms with Gasteiger partial charge in [-0.1, -0.05) is 30.3 Å². The van der Waals surface area contributed by atoms with Crippen molar-refractivity contribution in [1.29, 1.82) is 0 Å². The average Bonchev–Trinajstić information content (AvgIpc) is 2.92. The summed E-state index contributed by atoms with van der Waals surface area (Å²) in [6.45, 7) is 0.866. The van der Waals surface area contributed by atoms with E-state index in [-0.39, 0.29) is 0 Å². The van der Waals surface area contributed by atoms with Gasteiger partial charge >= 0.3 is 0 Å². The Morgan fingerprint density at radius 1 is 1.00 bits per heavy atom. The molecule has 2 aromatic carbocycles. The van der Waals surface area contributed by atoms with Crippen molar-refractivity contribution in [1.82, 2.24) is 0 Å². The lowest BCUT2D eigenvalue weighted by molar-refractivity contribution is 0.269. The third-order valence-electron chi connectivity index (χ3n) is 3.15. The van der Waals surface area contributed by atoms with Crippen molar-refractivity contribution in [2.75, 3.05) is 0 Å². The molecule has 0 atom stereocenters. The highest BCUT2D eigenvalue weighted by atomic mass is 16.5. The van der Waals surface area contributed by atoms with Crippen LogP contribution in [0.15, 0.2) is 59.2 Å². The number of hydrogen-bond acceptors (Lipinski definition) is 3. The fourth-order valence-electron chi connectivity index (χ4n) is 2.08. The lowest BCUT2D eigenvalue weighted by Crippen LogP contribution is -2.01. The van der Waals surface area contributed by atoms with E-state index in [9.17, 15) is 0 Å². The zero-order valence-corrected chi connectivity index (χ0v) is 10.5. The molecule has 0 saturated heterocycles. The predicted octanol–water partition coefficient (Wildman–Crippen LogP) is 3.47. The molecule has 1 aromatic heterocycles. The van der Waals surface area contributed by atoms with E-state index in [2.05, 4.69) is 18.2 Å². The van der Waals surface area contributed by atoms with Crippen molar-refractivity contribution in [3.05, 3.63) is 66.1 Å². The number of nitrogens with two attached hydrogens (primary N) is 1. The molecule has 3 heteroatoms. The molecule has 0 unspecified atom stereocenters. The first kappa shape index (κ1) is 11.8. The molecule has 0 spiro atoms. The standard InChI is InChI=1S/C16H15NO2/c17-10-14-7-8-18-16(14)11-19-15-6-5-12-3-1-2-4-13(12)9-15/h1-9H,10-11,17H2. The maximum absolute atomic E-state index is 5.75. The van der Waals surface area contributed by atoms with Gasteiger partial charge in [-0.15, -0.1) is 0 Å². The molecule has 96 valence electrons. The van der Waals surface area contributed by atoms with Gasteiger partial charge < -0.3 is 14.9 Å². The lowest BCUT2D eigenvalue weighted by Gasteiger charge is -2.07. The Morgan fingerprint density at radius 2 is 1.84 bits per heavy atom. The summed E-state index contributed by atoms with van der Waals surface area (Å²) < 4.78 is 11.1. The Morgan fingerprint density at radius 3 is 2.68 bits per heavy atom. The van der Waals surface area contributed by atoms with Crippen LogP contribution < -0.4 is 10.5 Å². The molecule has 0 fully saturated rings. The smallest absolute Gasteiger partial charge is 0.146 e. The first-order valence-electron chi connectivity index (χ1n) is 6.24. The normalized spacial score (nSPS) is 10.8. The summed E-state index contributed by atoms with van der Waals surface area (Å²) in [6.07, 6.45) is 1.64. The summed E-state index contributed by atoms with van der Waals surface area (Å²) in [5.74, 6) is 1.62. The highest BCUT2D eigenvalue weighted by molar-refractivity contribution is 5.83. The van der Waals surface area contributed by atoms with Crippen LogP contribution in [-0.4, -0.2) is 0 Å². The number of ether oxygens (including phenoxy) is 1. The van der Waals surface area contributed by atoms with Crippen molar-refractivity contribution in [3.8, 4) is 5.75 Å². The van der Waals surface area contributed by atoms with E-state index < -0.39 is 0 Å². The molecule has 0 aliphatic heterocycles. The van der Waals surface area contributed by atoms with Gasteiger partial charge in [0.25, 0.3) is 0 Å². The van der Waals surface area contributed by atoms with Crippen molar-refractivity contribution >= 4 is 10.8 Å². The minimum Gasteiger partial charge on any atom is -0.486 e. The molecule has 0 radical (unpaired) electrons. The number of benzene rings is 2. The topological polar surface area (TPSA) is 48.4 Å². The highest BCUT2D eigenvalue weighted by Gasteiger charge is 2.05. The fraction of sp³-hybridized carbons (Fsp3) is 0.125. The molecule has 0 aliphatic rings. The van der Waals surface area contributed by atoms with Crippen LogP contribution in [0.4, 0.5) is 0 Å². The van der Waals surface area contributed by atoms with E-state index in [1.54, 1.807) is 6.26 Å². The van der Waals surface area contributed by atoms with Gasteiger partial charge in [-0.2, -0.15) is 0 Å². The second kappa shape index (κ2) is 5.16. The minimum absolute atomic E-state index is 0.401. The van der Waals surface area contributed by atoms with E-state index >= 15 is 0 Å². The molecule has 1 heterocycles. The van der Waals surface area contributed by atoms with Crippen LogP contribution in [-0.2, 0) is 13.2 Å². The van der Waals surface area contributed by atoms with Gasteiger partial charge in [0, 0.05) is 12.1 Å². The van der Waals surface area contributed by atoms with Gasteiger partial charge in [-0.25, -0.2) is 0 Å².